The Labute approximate surface area is 68.4 Å². The maximum Gasteiger partial charge on any atom is 0.0942 e. The van der Waals surface area contributed by atoms with Crippen LogP contribution in [0.25, 0.3) is 0 Å². The fourth-order valence-corrected chi connectivity index (χ4v) is 1.49. The van der Waals surface area contributed by atoms with Gasteiger partial charge in [-0.25, -0.2) is 0 Å². The SMILES string of the molecule is PN1Cc2ccccc2CO1. The summed E-state index contributed by atoms with van der Waals surface area (Å²) in [6.45, 7) is 1.56. The smallest absolute Gasteiger partial charge is 0.0942 e. The monoisotopic (exact) mass is 167 g/mol. The van der Waals surface area contributed by atoms with Crippen LogP contribution in [0.2, 0.25) is 0 Å². The van der Waals surface area contributed by atoms with E-state index in [1.165, 1.54) is 11.1 Å². The van der Waals surface area contributed by atoms with Crippen LogP contribution in [0.1, 0.15) is 11.1 Å². The van der Waals surface area contributed by atoms with Crippen molar-refractivity contribution in [2.45, 2.75) is 13.2 Å². The van der Waals surface area contributed by atoms with Gasteiger partial charge in [-0.2, -0.15) is 4.83 Å². The average Bonchev–Trinajstić information content (AvgIpc) is 2.04. The summed E-state index contributed by atoms with van der Waals surface area (Å²) >= 11 is 0. The highest BCUT2D eigenvalue weighted by Gasteiger charge is 2.11. The number of nitrogens with zero attached hydrogens (tertiary/aromatic N) is 1. The van der Waals surface area contributed by atoms with Gasteiger partial charge in [-0.1, -0.05) is 24.3 Å². The highest BCUT2D eigenvalue weighted by molar-refractivity contribution is 7.13. The molecule has 0 saturated carbocycles. The van der Waals surface area contributed by atoms with Crippen molar-refractivity contribution >= 4 is 9.39 Å². The van der Waals surface area contributed by atoms with Crippen molar-refractivity contribution in [2.24, 2.45) is 0 Å². The summed E-state index contributed by atoms with van der Waals surface area (Å²) in [5.74, 6) is 0. The molecule has 1 aromatic rings. The molecule has 0 bridgehead atoms. The first-order valence-corrected chi connectivity index (χ1v) is 4.10. The van der Waals surface area contributed by atoms with Gasteiger partial charge in [-0.05, 0) is 20.5 Å². The standard InChI is InChI=1S/C8H10NOP/c11-9-5-7-3-1-2-4-8(7)6-10-9/h1-4H,5-6,11H2. The van der Waals surface area contributed by atoms with E-state index in [9.17, 15) is 0 Å². The van der Waals surface area contributed by atoms with Crippen LogP contribution < -0.4 is 0 Å². The van der Waals surface area contributed by atoms with Gasteiger partial charge in [0.05, 0.1) is 13.2 Å². The lowest BCUT2D eigenvalue weighted by atomic mass is 10.1. The maximum atomic E-state index is 5.30. The Balaban J connectivity index is 2.34. The Hall–Kier alpha value is -0.430. The number of hydrogen-bond acceptors (Lipinski definition) is 2. The number of benzene rings is 1. The van der Waals surface area contributed by atoms with E-state index in [1.807, 2.05) is 6.07 Å². The van der Waals surface area contributed by atoms with E-state index < -0.39 is 0 Å². The molecule has 58 valence electrons. The summed E-state index contributed by atoms with van der Waals surface area (Å²) in [5.41, 5.74) is 2.65. The normalized spacial score (nSPS) is 17.9. The molecule has 0 N–H and O–H groups in total. The van der Waals surface area contributed by atoms with Crippen LogP contribution in [0, 0.1) is 0 Å². The lowest BCUT2D eigenvalue weighted by Gasteiger charge is -2.23. The third-order valence-corrected chi connectivity index (χ3v) is 2.16. The van der Waals surface area contributed by atoms with Crippen LogP contribution in [0.3, 0.4) is 0 Å². The van der Waals surface area contributed by atoms with Crippen molar-refractivity contribution in [2.75, 3.05) is 0 Å². The zero-order valence-corrected chi connectivity index (χ0v) is 7.31. The van der Waals surface area contributed by atoms with E-state index in [4.69, 9.17) is 4.84 Å². The van der Waals surface area contributed by atoms with Crippen molar-refractivity contribution in [3.8, 4) is 0 Å². The minimum Gasteiger partial charge on any atom is -0.291 e. The zero-order chi connectivity index (χ0) is 7.68. The van der Waals surface area contributed by atoms with E-state index >= 15 is 0 Å². The first-order valence-electron chi connectivity index (χ1n) is 3.58. The molecule has 1 aliphatic heterocycles. The van der Waals surface area contributed by atoms with Crippen LogP contribution in [-0.4, -0.2) is 4.83 Å². The summed E-state index contributed by atoms with van der Waals surface area (Å²) in [6, 6.07) is 8.34. The van der Waals surface area contributed by atoms with Crippen LogP contribution in [0.4, 0.5) is 0 Å². The molecule has 0 aliphatic carbocycles. The highest BCUT2D eigenvalue weighted by Crippen LogP contribution is 2.21. The van der Waals surface area contributed by atoms with Crippen molar-refractivity contribution in [3.63, 3.8) is 0 Å². The Bertz CT molecular complexity index is 264. The molecule has 0 amide bonds. The van der Waals surface area contributed by atoms with Gasteiger partial charge in [-0.3, -0.25) is 4.84 Å². The first-order chi connectivity index (χ1) is 5.36. The van der Waals surface area contributed by atoms with Gasteiger partial charge >= 0.3 is 0 Å². The van der Waals surface area contributed by atoms with E-state index in [0.29, 0.717) is 6.61 Å². The third-order valence-electron chi connectivity index (χ3n) is 1.83. The molecule has 3 heteroatoms. The van der Waals surface area contributed by atoms with Crippen LogP contribution in [0.5, 0.6) is 0 Å². The molecule has 0 radical (unpaired) electrons. The molecule has 0 saturated heterocycles. The quantitative estimate of drug-likeness (QED) is 0.545. The second-order valence-electron chi connectivity index (χ2n) is 2.62. The van der Waals surface area contributed by atoms with E-state index in [-0.39, 0.29) is 0 Å². The van der Waals surface area contributed by atoms with Crippen molar-refractivity contribution in [1.82, 2.24) is 4.83 Å². The van der Waals surface area contributed by atoms with Gasteiger partial charge in [0.2, 0.25) is 0 Å². The van der Waals surface area contributed by atoms with Gasteiger partial charge in [-0.15, -0.1) is 0 Å². The number of hydrogen-bond donors (Lipinski definition) is 0. The topological polar surface area (TPSA) is 12.5 Å². The van der Waals surface area contributed by atoms with E-state index in [1.54, 1.807) is 4.83 Å². The van der Waals surface area contributed by atoms with E-state index in [0.717, 1.165) is 6.54 Å². The largest absolute Gasteiger partial charge is 0.291 e. The summed E-state index contributed by atoms with van der Waals surface area (Å²) in [7, 11) is 2.54. The highest BCUT2D eigenvalue weighted by atomic mass is 31.0. The molecule has 1 unspecified atom stereocenters. The van der Waals surface area contributed by atoms with Crippen LogP contribution >= 0.6 is 9.39 Å². The van der Waals surface area contributed by atoms with Gasteiger partial charge in [0, 0.05) is 0 Å². The Morgan fingerprint density at radius 1 is 1.27 bits per heavy atom. The maximum absolute atomic E-state index is 5.30. The van der Waals surface area contributed by atoms with Crippen LogP contribution in [0.15, 0.2) is 24.3 Å². The van der Waals surface area contributed by atoms with Gasteiger partial charge in [0.15, 0.2) is 0 Å². The zero-order valence-electron chi connectivity index (χ0n) is 6.16. The minimum atomic E-state index is 0.694. The molecular weight excluding hydrogens is 157 g/mol. The Kier molecular flexibility index (Phi) is 1.91. The predicted octanol–water partition coefficient (Wildman–Crippen LogP) is 1.72. The molecule has 11 heavy (non-hydrogen) atoms. The Morgan fingerprint density at radius 2 is 2.00 bits per heavy atom. The number of rotatable bonds is 0. The molecule has 0 spiro atoms. The molecule has 2 rings (SSSR count). The van der Waals surface area contributed by atoms with Gasteiger partial charge < -0.3 is 0 Å². The molecule has 2 nitrogen and oxygen atoms in total. The number of fused-ring (bicyclic) bond motifs is 1. The van der Waals surface area contributed by atoms with Crippen molar-refractivity contribution < 1.29 is 4.84 Å². The molecular formula is C8H10NOP. The second kappa shape index (κ2) is 2.90. The van der Waals surface area contributed by atoms with Crippen molar-refractivity contribution in [1.29, 1.82) is 0 Å². The summed E-state index contributed by atoms with van der Waals surface area (Å²) < 4.78 is 0. The molecule has 1 aliphatic rings. The lowest BCUT2D eigenvalue weighted by molar-refractivity contribution is -0.106. The van der Waals surface area contributed by atoms with Gasteiger partial charge in [0.1, 0.15) is 0 Å². The average molecular weight is 167 g/mol. The molecule has 0 fully saturated rings. The molecule has 1 aromatic carbocycles. The fraction of sp³-hybridized carbons (Fsp3) is 0.250. The van der Waals surface area contributed by atoms with Crippen LogP contribution in [-0.2, 0) is 18.0 Å². The minimum absolute atomic E-state index is 0.694. The first kappa shape index (κ1) is 7.23. The number of hydroxylamine groups is 1. The predicted molar refractivity (Wildman–Crippen MR) is 46.5 cm³/mol. The fourth-order valence-electron chi connectivity index (χ4n) is 1.22. The third kappa shape index (κ3) is 1.43. The lowest BCUT2D eigenvalue weighted by Crippen LogP contribution is -2.18. The Morgan fingerprint density at radius 3 is 2.82 bits per heavy atom. The summed E-state index contributed by atoms with van der Waals surface area (Å²) in [4.78, 5) is 7.08. The molecule has 0 aromatic heterocycles. The van der Waals surface area contributed by atoms with Crippen molar-refractivity contribution in [3.05, 3.63) is 35.4 Å². The molecule has 1 heterocycles. The van der Waals surface area contributed by atoms with E-state index in [2.05, 4.69) is 27.6 Å². The van der Waals surface area contributed by atoms with Gasteiger partial charge in [0.25, 0.3) is 0 Å². The summed E-state index contributed by atoms with van der Waals surface area (Å²) in [6.07, 6.45) is 0. The molecule has 1 atom stereocenters. The second-order valence-corrected chi connectivity index (χ2v) is 3.19. The summed E-state index contributed by atoms with van der Waals surface area (Å²) in [5, 5.41) is 0.